The van der Waals surface area contributed by atoms with Crippen molar-refractivity contribution in [2.24, 2.45) is 0 Å². The lowest BCUT2D eigenvalue weighted by atomic mass is 10.1. The van der Waals surface area contributed by atoms with Crippen LogP contribution in [0.4, 0.5) is 30.2 Å². The highest BCUT2D eigenvalue weighted by molar-refractivity contribution is 6.31. The molecule has 38 heavy (non-hydrogen) atoms. The number of hydrogen-bond acceptors (Lipinski definition) is 7. The molecule has 4 rings (SSSR count). The first-order valence-corrected chi connectivity index (χ1v) is 11.2. The van der Waals surface area contributed by atoms with Gasteiger partial charge in [-0.15, -0.1) is 0 Å². The maximum atomic E-state index is 13.5. The van der Waals surface area contributed by atoms with E-state index in [4.69, 9.17) is 11.6 Å². The minimum atomic E-state index is -5.04. The molecule has 2 aromatic carbocycles. The van der Waals surface area contributed by atoms with Crippen LogP contribution in [0.1, 0.15) is 44.9 Å². The normalized spacial score (nSPS) is 13.2. The number of halogens is 4. The van der Waals surface area contributed by atoms with E-state index in [-0.39, 0.29) is 22.3 Å². The lowest BCUT2D eigenvalue weighted by molar-refractivity contribution is -0.394. The number of anilines is 1. The van der Waals surface area contributed by atoms with Crippen molar-refractivity contribution in [3.05, 3.63) is 84.2 Å². The third kappa shape index (κ3) is 5.41. The number of nitro groups is 2. The molecular formula is C22H16ClF3N6O6. The Morgan fingerprint density at radius 2 is 1.76 bits per heavy atom. The van der Waals surface area contributed by atoms with Gasteiger partial charge in [-0.3, -0.25) is 29.8 Å². The van der Waals surface area contributed by atoms with Crippen LogP contribution in [-0.4, -0.2) is 37.5 Å². The number of alkyl halides is 3. The molecule has 1 heterocycles. The van der Waals surface area contributed by atoms with Crippen molar-refractivity contribution in [3.63, 3.8) is 0 Å². The molecule has 0 unspecified atom stereocenters. The highest BCUT2D eigenvalue weighted by atomic mass is 35.5. The number of carbonyl (C=O) groups is 2. The van der Waals surface area contributed by atoms with E-state index < -0.39 is 56.3 Å². The van der Waals surface area contributed by atoms with Crippen LogP contribution in [0.15, 0.2) is 36.4 Å². The molecule has 2 amide bonds. The first-order valence-electron chi connectivity index (χ1n) is 10.8. The fraction of sp³-hybridized carbons (Fsp3) is 0.227. The second-order valence-electron chi connectivity index (χ2n) is 8.36. The van der Waals surface area contributed by atoms with Gasteiger partial charge in [0.15, 0.2) is 5.69 Å². The number of nitrogens with one attached hydrogen (secondary N) is 2. The van der Waals surface area contributed by atoms with Crippen LogP contribution >= 0.6 is 11.6 Å². The van der Waals surface area contributed by atoms with E-state index in [1.807, 2.05) is 0 Å². The summed E-state index contributed by atoms with van der Waals surface area (Å²) in [5.41, 5.74) is -4.38. The molecule has 0 radical (unpaired) electrons. The molecule has 12 nitrogen and oxygen atoms in total. The zero-order valence-corrected chi connectivity index (χ0v) is 20.0. The summed E-state index contributed by atoms with van der Waals surface area (Å²) < 4.78 is 40.9. The second kappa shape index (κ2) is 9.74. The van der Waals surface area contributed by atoms with Crippen LogP contribution in [0.5, 0.6) is 0 Å². The van der Waals surface area contributed by atoms with Crippen molar-refractivity contribution >= 4 is 40.5 Å². The standard InChI is InChI=1S/C22H16ClF3N6O6/c1-10-6-11(23)7-14(20(33)27-12-2-3-12)19(10)28-21(34)17-9-18(22(24,25)26)29-30(17)15-5-4-13(31(35)36)8-16(15)32(37)38/h4-9,12H,2-3H2,1H3,(H,27,33)(H,28,34). The van der Waals surface area contributed by atoms with Gasteiger partial charge in [0.1, 0.15) is 11.4 Å². The molecule has 0 atom stereocenters. The number of nitro benzene ring substituents is 2. The van der Waals surface area contributed by atoms with E-state index >= 15 is 0 Å². The van der Waals surface area contributed by atoms with Crippen LogP contribution in [0.3, 0.4) is 0 Å². The summed E-state index contributed by atoms with van der Waals surface area (Å²) in [5, 5.41) is 31.3. The molecule has 0 aliphatic heterocycles. The maximum Gasteiger partial charge on any atom is 0.435 e. The van der Waals surface area contributed by atoms with E-state index in [0.717, 1.165) is 25.0 Å². The third-order valence-electron chi connectivity index (χ3n) is 5.52. The third-order valence-corrected chi connectivity index (χ3v) is 5.74. The van der Waals surface area contributed by atoms with Crippen LogP contribution < -0.4 is 10.6 Å². The molecule has 1 saturated carbocycles. The molecule has 198 valence electrons. The van der Waals surface area contributed by atoms with Crippen molar-refractivity contribution in [2.75, 3.05) is 5.32 Å². The van der Waals surface area contributed by atoms with Gasteiger partial charge in [-0.05, 0) is 43.5 Å². The quantitative estimate of drug-likeness (QED) is 0.314. The number of aromatic nitrogens is 2. The highest BCUT2D eigenvalue weighted by Crippen LogP contribution is 2.34. The van der Waals surface area contributed by atoms with Crippen LogP contribution in [-0.2, 0) is 6.18 Å². The Kier molecular flexibility index (Phi) is 6.80. The van der Waals surface area contributed by atoms with Crippen LogP contribution in [0, 0.1) is 27.2 Å². The van der Waals surface area contributed by atoms with Crippen molar-refractivity contribution in [1.29, 1.82) is 0 Å². The van der Waals surface area contributed by atoms with Crippen molar-refractivity contribution in [2.45, 2.75) is 32.0 Å². The molecule has 1 aromatic heterocycles. The van der Waals surface area contributed by atoms with Crippen molar-refractivity contribution in [3.8, 4) is 5.69 Å². The fourth-order valence-corrected chi connectivity index (χ4v) is 3.85. The Morgan fingerprint density at radius 3 is 2.34 bits per heavy atom. The van der Waals surface area contributed by atoms with Gasteiger partial charge in [-0.2, -0.15) is 18.3 Å². The molecule has 2 N–H and O–H groups in total. The Bertz CT molecular complexity index is 1500. The largest absolute Gasteiger partial charge is 0.435 e. The summed E-state index contributed by atoms with van der Waals surface area (Å²) in [6, 6.07) is 5.19. The average Bonchev–Trinajstić information content (AvgIpc) is 3.51. The van der Waals surface area contributed by atoms with Gasteiger partial charge in [-0.25, -0.2) is 4.68 Å². The van der Waals surface area contributed by atoms with Crippen molar-refractivity contribution in [1.82, 2.24) is 15.1 Å². The first kappa shape index (κ1) is 26.5. The van der Waals surface area contributed by atoms with Gasteiger partial charge in [0.25, 0.3) is 17.5 Å². The lowest BCUT2D eigenvalue weighted by Gasteiger charge is -2.15. The molecule has 0 saturated heterocycles. The molecule has 1 aliphatic rings. The number of benzene rings is 2. The summed E-state index contributed by atoms with van der Waals surface area (Å²) in [5.74, 6) is -1.75. The minimum Gasteiger partial charge on any atom is -0.349 e. The molecule has 1 fully saturated rings. The summed E-state index contributed by atoms with van der Waals surface area (Å²) in [6.07, 6.45) is -3.51. The smallest absolute Gasteiger partial charge is 0.349 e. The predicted octanol–water partition coefficient (Wildman–Crippen LogP) is 4.81. The van der Waals surface area contributed by atoms with Crippen molar-refractivity contribution < 1.29 is 32.6 Å². The number of carbonyl (C=O) groups excluding carboxylic acids is 2. The SMILES string of the molecule is Cc1cc(Cl)cc(C(=O)NC2CC2)c1NC(=O)c1cc(C(F)(F)F)nn1-c1ccc([N+](=O)[O-])cc1[N+](=O)[O-]. The molecule has 1 aliphatic carbocycles. The molecule has 3 aromatic rings. The van der Waals surface area contributed by atoms with Crippen LogP contribution in [0.25, 0.3) is 5.69 Å². The Morgan fingerprint density at radius 1 is 1.08 bits per heavy atom. The average molecular weight is 553 g/mol. The summed E-state index contributed by atoms with van der Waals surface area (Å²) in [7, 11) is 0. The van der Waals surface area contributed by atoms with E-state index in [2.05, 4.69) is 15.7 Å². The molecule has 16 heteroatoms. The zero-order valence-electron chi connectivity index (χ0n) is 19.2. The monoisotopic (exact) mass is 552 g/mol. The number of hydrogen-bond donors (Lipinski definition) is 2. The topological polar surface area (TPSA) is 162 Å². The van der Waals surface area contributed by atoms with Gasteiger partial charge in [-0.1, -0.05) is 11.6 Å². The number of non-ortho nitro benzene ring substituents is 1. The molecule has 0 bridgehead atoms. The van der Waals surface area contributed by atoms with E-state index in [1.54, 1.807) is 0 Å². The lowest BCUT2D eigenvalue weighted by Crippen LogP contribution is -2.27. The Balaban J connectivity index is 1.82. The first-order chi connectivity index (χ1) is 17.8. The Hall–Kier alpha value is -4.53. The van der Waals surface area contributed by atoms with Gasteiger partial charge in [0.05, 0.1) is 27.2 Å². The number of aryl methyl sites for hydroxylation is 1. The number of nitrogens with zero attached hydrogens (tertiary/aromatic N) is 4. The van der Waals surface area contributed by atoms with E-state index in [1.165, 1.54) is 19.1 Å². The summed E-state index contributed by atoms with van der Waals surface area (Å²) >= 11 is 6.07. The fourth-order valence-electron chi connectivity index (χ4n) is 3.57. The zero-order chi connectivity index (χ0) is 27.9. The predicted molar refractivity (Wildman–Crippen MR) is 127 cm³/mol. The van der Waals surface area contributed by atoms with Gasteiger partial charge in [0, 0.05) is 23.2 Å². The number of amides is 2. The highest BCUT2D eigenvalue weighted by Gasteiger charge is 2.37. The van der Waals surface area contributed by atoms with Gasteiger partial charge < -0.3 is 10.6 Å². The molecular weight excluding hydrogens is 537 g/mol. The summed E-state index contributed by atoms with van der Waals surface area (Å²) in [4.78, 5) is 46.7. The van der Waals surface area contributed by atoms with Gasteiger partial charge >= 0.3 is 11.9 Å². The summed E-state index contributed by atoms with van der Waals surface area (Å²) in [6.45, 7) is 1.51. The van der Waals surface area contributed by atoms with E-state index in [0.29, 0.717) is 22.4 Å². The molecule has 0 spiro atoms. The number of rotatable bonds is 7. The minimum absolute atomic E-state index is 0.0429. The van der Waals surface area contributed by atoms with E-state index in [9.17, 15) is 43.0 Å². The second-order valence-corrected chi connectivity index (χ2v) is 8.80. The Labute approximate surface area is 215 Å². The van der Waals surface area contributed by atoms with Crippen LogP contribution in [0.2, 0.25) is 5.02 Å². The maximum absolute atomic E-state index is 13.5. The van der Waals surface area contributed by atoms with Gasteiger partial charge in [0.2, 0.25) is 0 Å².